The molecule has 0 fully saturated rings. The monoisotopic (exact) mass is 324 g/mol. The minimum atomic E-state index is -0.258. The molecule has 0 aliphatic heterocycles. The summed E-state index contributed by atoms with van der Waals surface area (Å²) in [6, 6.07) is 8.36. The van der Waals surface area contributed by atoms with Crippen LogP contribution in [0.5, 0.6) is 11.5 Å². The van der Waals surface area contributed by atoms with E-state index in [0.29, 0.717) is 27.6 Å². The Morgan fingerprint density at radius 1 is 0.905 bits per heavy atom. The number of carbonyl (C=O) groups is 1. The Morgan fingerprint density at radius 3 is 2.05 bits per heavy atom. The zero-order chi connectivity index (χ0) is 15.6. The molecule has 0 atom stereocenters. The lowest BCUT2D eigenvalue weighted by atomic mass is 10.0. The van der Waals surface area contributed by atoms with Crippen molar-refractivity contribution in [3.05, 3.63) is 57.1 Å². The van der Waals surface area contributed by atoms with Gasteiger partial charge in [-0.15, -0.1) is 0 Å². The maximum Gasteiger partial charge on any atom is 0.196 e. The van der Waals surface area contributed by atoms with E-state index in [1.54, 1.807) is 24.3 Å². The van der Waals surface area contributed by atoms with Crippen molar-refractivity contribution in [2.24, 2.45) is 0 Å². The Kier molecular flexibility index (Phi) is 4.76. The van der Waals surface area contributed by atoms with Gasteiger partial charge in [0.1, 0.15) is 0 Å². The number of hydrogen-bond acceptors (Lipinski definition) is 3. The van der Waals surface area contributed by atoms with E-state index in [1.165, 1.54) is 14.2 Å². The van der Waals surface area contributed by atoms with Gasteiger partial charge in [0.05, 0.1) is 24.3 Å². The van der Waals surface area contributed by atoms with Crippen molar-refractivity contribution in [3.8, 4) is 11.5 Å². The van der Waals surface area contributed by atoms with Crippen LogP contribution in [0.25, 0.3) is 0 Å². The standard InChI is InChI=1S/C16H14Cl2O3/c1-9-4-5-10(12(17)6-9)16(19)11-7-14(20-2)15(21-3)8-13(11)18/h4-8H,1-3H3. The fraction of sp³-hybridized carbons (Fsp3) is 0.188. The van der Waals surface area contributed by atoms with E-state index < -0.39 is 0 Å². The van der Waals surface area contributed by atoms with E-state index in [0.717, 1.165) is 5.56 Å². The first-order chi connectivity index (χ1) is 9.97. The third kappa shape index (κ3) is 3.14. The van der Waals surface area contributed by atoms with Gasteiger partial charge in [-0.1, -0.05) is 29.3 Å². The van der Waals surface area contributed by atoms with Gasteiger partial charge in [0.25, 0.3) is 0 Å². The molecule has 21 heavy (non-hydrogen) atoms. The van der Waals surface area contributed by atoms with Gasteiger partial charge in [0.15, 0.2) is 17.3 Å². The lowest BCUT2D eigenvalue weighted by Gasteiger charge is -2.12. The van der Waals surface area contributed by atoms with Gasteiger partial charge in [-0.3, -0.25) is 4.79 Å². The molecule has 110 valence electrons. The van der Waals surface area contributed by atoms with Gasteiger partial charge in [0, 0.05) is 17.2 Å². The van der Waals surface area contributed by atoms with Gasteiger partial charge in [-0.2, -0.15) is 0 Å². The molecule has 2 aromatic carbocycles. The van der Waals surface area contributed by atoms with Gasteiger partial charge in [0.2, 0.25) is 0 Å². The maximum atomic E-state index is 12.6. The van der Waals surface area contributed by atoms with E-state index in [4.69, 9.17) is 32.7 Å². The molecule has 0 aromatic heterocycles. The number of rotatable bonds is 4. The predicted molar refractivity (Wildman–Crippen MR) is 84.2 cm³/mol. The molecule has 2 aromatic rings. The Labute approximate surface area is 133 Å². The van der Waals surface area contributed by atoms with Crippen LogP contribution in [0.15, 0.2) is 30.3 Å². The van der Waals surface area contributed by atoms with Crippen molar-refractivity contribution in [2.45, 2.75) is 6.92 Å². The van der Waals surface area contributed by atoms with Gasteiger partial charge in [-0.05, 0) is 30.7 Å². The number of halogens is 2. The van der Waals surface area contributed by atoms with Crippen molar-refractivity contribution in [2.75, 3.05) is 14.2 Å². The van der Waals surface area contributed by atoms with Crippen molar-refractivity contribution in [1.82, 2.24) is 0 Å². The van der Waals surface area contributed by atoms with Crippen molar-refractivity contribution < 1.29 is 14.3 Å². The summed E-state index contributed by atoms with van der Waals surface area (Å²) in [6.07, 6.45) is 0. The molecule has 5 heteroatoms. The zero-order valence-corrected chi connectivity index (χ0v) is 13.4. The molecule has 0 spiro atoms. The summed E-state index contributed by atoms with van der Waals surface area (Å²) in [4.78, 5) is 12.6. The third-order valence-corrected chi connectivity index (χ3v) is 3.71. The molecule has 0 heterocycles. The number of carbonyl (C=O) groups excluding carboxylic acids is 1. The van der Waals surface area contributed by atoms with E-state index in [2.05, 4.69) is 0 Å². The Morgan fingerprint density at radius 2 is 1.48 bits per heavy atom. The summed E-state index contributed by atoms with van der Waals surface area (Å²) in [5.74, 6) is 0.647. The van der Waals surface area contributed by atoms with Crippen LogP contribution < -0.4 is 9.47 Å². The van der Waals surface area contributed by atoms with Crippen LogP contribution in [0.1, 0.15) is 21.5 Å². The number of ketones is 1. The van der Waals surface area contributed by atoms with Crippen LogP contribution in [-0.4, -0.2) is 20.0 Å². The molecule has 0 amide bonds. The molecule has 0 saturated carbocycles. The fourth-order valence-corrected chi connectivity index (χ4v) is 2.54. The molecular formula is C16H14Cl2O3. The first-order valence-corrected chi connectivity index (χ1v) is 6.96. The van der Waals surface area contributed by atoms with Gasteiger partial charge < -0.3 is 9.47 Å². The van der Waals surface area contributed by atoms with E-state index in [9.17, 15) is 4.79 Å². The van der Waals surface area contributed by atoms with Crippen LogP contribution in [0, 0.1) is 6.92 Å². The number of methoxy groups -OCH3 is 2. The Hall–Kier alpha value is -1.71. The molecule has 0 saturated heterocycles. The van der Waals surface area contributed by atoms with Crippen LogP contribution in [0.3, 0.4) is 0 Å². The lowest BCUT2D eigenvalue weighted by molar-refractivity contribution is 0.103. The minimum Gasteiger partial charge on any atom is -0.493 e. The Balaban J connectivity index is 2.53. The average molecular weight is 325 g/mol. The van der Waals surface area contributed by atoms with Gasteiger partial charge >= 0.3 is 0 Å². The largest absolute Gasteiger partial charge is 0.493 e. The summed E-state index contributed by atoms with van der Waals surface area (Å²) >= 11 is 12.3. The smallest absolute Gasteiger partial charge is 0.196 e. The van der Waals surface area contributed by atoms with Crippen molar-refractivity contribution in [3.63, 3.8) is 0 Å². The highest BCUT2D eigenvalue weighted by atomic mass is 35.5. The number of benzene rings is 2. The highest BCUT2D eigenvalue weighted by Crippen LogP contribution is 2.35. The van der Waals surface area contributed by atoms with Crippen LogP contribution >= 0.6 is 23.2 Å². The average Bonchev–Trinajstić information content (AvgIpc) is 2.46. The van der Waals surface area contributed by atoms with E-state index in [-0.39, 0.29) is 10.8 Å². The highest BCUT2D eigenvalue weighted by Gasteiger charge is 2.19. The minimum absolute atomic E-state index is 0.258. The summed E-state index contributed by atoms with van der Waals surface area (Å²) in [6.45, 7) is 1.91. The lowest BCUT2D eigenvalue weighted by Crippen LogP contribution is -2.04. The molecule has 3 nitrogen and oxygen atoms in total. The number of ether oxygens (including phenoxy) is 2. The molecule has 0 N–H and O–H groups in total. The second kappa shape index (κ2) is 6.37. The van der Waals surface area contributed by atoms with E-state index in [1.807, 2.05) is 13.0 Å². The summed E-state index contributed by atoms with van der Waals surface area (Å²) < 4.78 is 10.3. The van der Waals surface area contributed by atoms with Crippen LogP contribution in [-0.2, 0) is 0 Å². The van der Waals surface area contributed by atoms with Crippen molar-refractivity contribution >= 4 is 29.0 Å². The quantitative estimate of drug-likeness (QED) is 0.774. The molecule has 0 aliphatic carbocycles. The molecule has 0 bridgehead atoms. The predicted octanol–water partition coefficient (Wildman–Crippen LogP) is 4.55. The summed E-state index contributed by atoms with van der Waals surface area (Å²) in [7, 11) is 3.01. The maximum absolute atomic E-state index is 12.6. The normalized spacial score (nSPS) is 10.3. The van der Waals surface area contributed by atoms with Crippen LogP contribution in [0.2, 0.25) is 10.0 Å². The first kappa shape index (κ1) is 15.7. The zero-order valence-electron chi connectivity index (χ0n) is 11.9. The van der Waals surface area contributed by atoms with E-state index >= 15 is 0 Å². The topological polar surface area (TPSA) is 35.5 Å². The summed E-state index contributed by atoms with van der Waals surface area (Å²) in [5.41, 5.74) is 1.70. The SMILES string of the molecule is COc1cc(Cl)c(C(=O)c2ccc(C)cc2Cl)cc1OC. The fourth-order valence-electron chi connectivity index (χ4n) is 1.98. The summed E-state index contributed by atoms with van der Waals surface area (Å²) in [5, 5.41) is 0.681. The second-order valence-electron chi connectivity index (χ2n) is 4.50. The van der Waals surface area contributed by atoms with Gasteiger partial charge in [-0.25, -0.2) is 0 Å². The number of hydrogen-bond donors (Lipinski definition) is 0. The number of aryl methyl sites for hydroxylation is 1. The molecule has 2 rings (SSSR count). The second-order valence-corrected chi connectivity index (χ2v) is 5.31. The Bertz CT molecular complexity index is 696. The molecular weight excluding hydrogens is 311 g/mol. The third-order valence-electron chi connectivity index (χ3n) is 3.09. The first-order valence-electron chi connectivity index (χ1n) is 6.20. The highest BCUT2D eigenvalue weighted by molar-refractivity contribution is 6.38. The van der Waals surface area contributed by atoms with Crippen molar-refractivity contribution in [1.29, 1.82) is 0 Å². The van der Waals surface area contributed by atoms with Crippen LogP contribution in [0.4, 0.5) is 0 Å². The molecule has 0 unspecified atom stereocenters. The molecule has 0 radical (unpaired) electrons. The molecule has 0 aliphatic rings.